The predicted octanol–water partition coefficient (Wildman–Crippen LogP) is 4.67. The number of nitrogens with zero attached hydrogens (tertiary/aromatic N) is 1. The Labute approximate surface area is 163 Å². The number of hydrogen-bond acceptors (Lipinski definition) is 4. The minimum Gasteiger partial charge on any atom is -0.478 e. The molecule has 0 unspecified atom stereocenters. The van der Waals surface area contributed by atoms with Gasteiger partial charge in [-0.1, -0.05) is 43.9 Å². The zero-order valence-corrected chi connectivity index (χ0v) is 16.5. The summed E-state index contributed by atoms with van der Waals surface area (Å²) < 4.78 is 5.29. The monoisotopic (exact) mass is 375 g/mol. The highest BCUT2D eigenvalue weighted by Crippen LogP contribution is 2.10. The summed E-state index contributed by atoms with van der Waals surface area (Å²) in [5, 5.41) is 8.90. The number of hydrogen-bond donors (Lipinski definition) is 1. The molecular weight excluding hydrogens is 342 g/mol. The van der Waals surface area contributed by atoms with Crippen molar-refractivity contribution in [3.05, 3.63) is 48.0 Å². The second-order valence-corrected chi connectivity index (χ2v) is 6.91. The second-order valence-electron chi connectivity index (χ2n) is 6.91. The Balaban J connectivity index is 2.06. The van der Waals surface area contributed by atoms with Crippen LogP contribution in [0.3, 0.4) is 0 Å². The first kappa shape index (κ1) is 22.9. The van der Waals surface area contributed by atoms with Gasteiger partial charge in [-0.15, -0.1) is 6.58 Å². The Morgan fingerprint density at radius 1 is 1.07 bits per heavy atom. The van der Waals surface area contributed by atoms with Crippen LogP contribution in [0.5, 0.6) is 0 Å². The van der Waals surface area contributed by atoms with E-state index in [0.29, 0.717) is 26.1 Å². The van der Waals surface area contributed by atoms with Crippen LogP contribution in [0.1, 0.15) is 67.3 Å². The Morgan fingerprint density at radius 3 is 2.33 bits per heavy atom. The Bertz CT molecular complexity index is 568. The van der Waals surface area contributed by atoms with Crippen LogP contribution in [0, 0.1) is 0 Å². The number of likely N-dealkylation sites (N-methyl/N-ethyl adjacent to an activating group) is 1. The van der Waals surface area contributed by atoms with Crippen LogP contribution >= 0.6 is 0 Å². The maximum atomic E-state index is 11.8. The van der Waals surface area contributed by atoms with E-state index in [-0.39, 0.29) is 11.5 Å². The van der Waals surface area contributed by atoms with Gasteiger partial charge < -0.3 is 9.84 Å². The summed E-state index contributed by atoms with van der Waals surface area (Å²) in [6, 6.07) is 6.82. The summed E-state index contributed by atoms with van der Waals surface area (Å²) in [6.45, 7) is 5.43. The molecule has 5 nitrogen and oxygen atoms in total. The van der Waals surface area contributed by atoms with Crippen LogP contribution in [0.25, 0.3) is 0 Å². The summed E-state index contributed by atoms with van der Waals surface area (Å²) >= 11 is 0. The van der Waals surface area contributed by atoms with Gasteiger partial charge in [-0.3, -0.25) is 9.69 Å². The Morgan fingerprint density at radius 2 is 1.70 bits per heavy atom. The molecule has 1 aromatic carbocycles. The maximum Gasteiger partial charge on any atom is 0.335 e. The van der Waals surface area contributed by atoms with Gasteiger partial charge in [0.2, 0.25) is 0 Å². The van der Waals surface area contributed by atoms with Crippen LogP contribution in [0.4, 0.5) is 0 Å². The lowest BCUT2D eigenvalue weighted by Gasteiger charge is -2.16. The first-order valence-electron chi connectivity index (χ1n) is 9.80. The summed E-state index contributed by atoms with van der Waals surface area (Å²) in [7, 11) is 1.95. The summed E-state index contributed by atoms with van der Waals surface area (Å²) in [4.78, 5) is 24.6. The normalized spacial score (nSPS) is 10.7. The predicted molar refractivity (Wildman–Crippen MR) is 108 cm³/mol. The fourth-order valence-electron chi connectivity index (χ4n) is 2.80. The number of carbonyl (C=O) groups is 2. The zero-order chi connectivity index (χ0) is 19.9. The second kappa shape index (κ2) is 14.0. The van der Waals surface area contributed by atoms with E-state index in [4.69, 9.17) is 9.84 Å². The SMILES string of the molecule is C=CCCCCCCCCC(=O)OCCN(C)Cc1ccc(C(=O)O)cc1. The molecule has 0 atom stereocenters. The highest BCUT2D eigenvalue weighted by molar-refractivity contribution is 5.87. The number of rotatable bonds is 15. The van der Waals surface area contributed by atoms with E-state index in [0.717, 1.165) is 24.8 Å². The molecule has 1 aromatic rings. The molecular formula is C22H33NO4. The van der Waals surface area contributed by atoms with Crippen LogP contribution in [0.2, 0.25) is 0 Å². The summed E-state index contributed by atoms with van der Waals surface area (Å²) in [5.41, 5.74) is 1.31. The molecule has 1 N–H and O–H groups in total. The molecule has 0 bridgehead atoms. The molecule has 0 heterocycles. The van der Waals surface area contributed by atoms with E-state index < -0.39 is 5.97 Å². The highest BCUT2D eigenvalue weighted by Gasteiger charge is 2.06. The fourth-order valence-corrected chi connectivity index (χ4v) is 2.80. The molecule has 27 heavy (non-hydrogen) atoms. The van der Waals surface area contributed by atoms with Gasteiger partial charge in [-0.2, -0.15) is 0 Å². The molecule has 0 fully saturated rings. The molecule has 0 saturated heterocycles. The number of carboxylic acid groups (broad SMARTS) is 1. The minimum atomic E-state index is -0.922. The van der Waals surface area contributed by atoms with E-state index in [1.165, 1.54) is 25.7 Å². The van der Waals surface area contributed by atoms with Gasteiger partial charge in [0, 0.05) is 19.5 Å². The molecule has 150 valence electrons. The van der Waals surface area contributed by atoms with Gasteiger partial charge >= 0.3 is 11.9 Å². The van der Waals surface area contributed by atoms with Gasteiger partial charge in [-0.25, -0.2) is 4.79 Å². The maximum absolute atomic E-state index is 11.8. The lowest BCUT2D eigenvalue weighted by molar-refractivity contribution is -0.144. The average Bonchev–Trinajstić information content (AvgIpc) is 2.64. The number of carbonyl (C=O) groups excluding carboxylic acids is 1. The van der Waals surface area contributed by atoms with Gasteiger partial charge in [-0.05, 0) is 44.0 Å². The zero-order valence-electron chi connectivity index (χ0n) is 16.5. The number of allylic oxidation sites excluding steroid dienone is 1. The third kappa shape index (κ3) is 11.2. The molecule has 0 saturated carbocycles. The van der Waals surface area contributed by atoms with E-state index in [2.05, 4.69) is 6.58 Å². The van der Waals surface area contributed by atoms with Crippen LogP contribution in [0.15, 0.2) is 36.9 Å². The first-order valence-corrected chi connectivity index (χ1v) is 9.80. The third-order valence-electron chi connectivity index (χ3n) is 4.43. The van der Waals surface area contributed by atoms with Crippen LogP contribution in [-0.2, 0) is 16.1 Å². The van der Waals surface area contributed by atoms with Crippen molar-refractivity contribution in [2.75, 3.05) is 20.2 Å². The van der Waals surface area contributed by atoms with Gasteiger partial charge in [0.25, 0.3) is 0 Å². The van der Waals surface area contributed by atoms with Crippen molar-refractivity contribution < 1.29 is 19.4 Å². The van der Waals surface area contributed by atoms with Crippen molar-refractivity contribution in [3.63, 3.8) is 0 Å². The van der Waals surface area contributed by atoms with Gasteiger partial charge in [0.15, 0.2) is 0 Å². The van der Waals surface area contributed by atoms with Crippen LogP contribution < -0.4 is 0 Å². The van der Waals surface area contributed by atoms with Crippen molar-refractivity contribution in [1.29, 1.82) is 0 Å². The third-order valence-corrected chi connectivity index (χ3v) is 4.43. The molecule has 0 amide bonds. The lowest BCUT2D eigenvalue weighted by atomic mass is 10.1. The van der Waals surface area contributed by atoms with Gasteiger partial charge in [0.05, 0.1) is 5.56 Å². The van der Waals surface area contributed by atoms with Crippen molar-refractivity contribution in [1.82, 2.24) is 4.90 Å². The lowest BCUT2D eigenvalue weighted by Crippen LogP contribution is -2.24. The number of ether oxygens (including phenoxy) is 1. The molecule has 0 aliphatic carbocycles. The molecule has 1 rings (SSSR count). The fraction of sp³-hybridized carbons (Fsp3) is 0.545. The van der Waals surface area contributed by atoms with E-state index >= 15 is 0 Å². The minimum absolute atomic E-state index is 0.124. The first-order chi connectivity index (χ1) is 13.0. The Hall–Kier alpha value is -2.14. The standard InChI is InChI=1S/C22H33NO4/c1-3-4-5-6-7-8-9-10-11-21(24)27-17-16-23(2)18-19-12-14-20(15-13-19)22(25)26/h3,12-15H,1,4-11,16-18H2,2H3,(H,25,26). The summed E-state index contributed by atoms with van der Waals surface area (Å²) in [6.07, 6.45) is 10.4. The van der Waals surface area contributed by atoms with Crippen LogP contribution in [-0.4, -0.2) is 42.1 Å². The molecule has 0 radical (unpaired) electrons. The number of aromatic carboxylic acids is 1. The molecule has 0 aliphatic heterocycles. The van der Waals surface area contributed by atoms with Crippen molar-refractivity contribution >= 4 is 11.9 Å². The Kier molecular flexibility index (Phi) is 11.9. The van der Waals surface area contributed by atoms with E-state index in [9.17, 15) is 9.59 Å². The molecule has 0 spiro atoms. The van der Waals surface area contributed by atoms with E-state index in [1.807, 2.05) is 30.2 Å². The van der Waals surface area contributed by atoms with Crippen molar-refractivity contribution in [2.45, 2.75) is 57.9 Å². The van der Waals surface area contributed by atoms with Gasteiger partial charge in [0.1, 0.15) is 6.61 Å². The largest absolute Gasteiger partial charge is 0.478 e. The number of esters is 1. The topological polar surface area (TPSA) is 66.8 Å². The number of carboxylic acids is 1. The molecule has 0 aliphatic rings. The highest BCUT2D eigenvalue weighted by atomic mass is 16.5. The molecule has 0 aromatic heterocycles. The smallest absolute Gasteiger partial charge is 0.335 e. The van der Waals surface area contributed by atoms with E-state index in [1.54, 1.807) is 12.1 Å². The summed E-state index contributed by atoms with van der Waals surface area (Å²) in [5.74, 6) is -1.05. The number of benzene rings is 1. The molecule has 5 heteroatoms. The number of unbranched alkanes of at least 4 members (excludes halogenated alkanes) is 6. The quantitative estimate of drug-likeness (QED) is 0.274. The average molecular weight is 376 g/mol. The van der Waals surface area contributed by atoms with Crippen molar-refractivity contribution in [3.8, 4) is 0 Å². The van der Waals surface area contributed by atoms with Crippen molar-refractivity contribution in [2.24, 2.45) is 0 Å².